The van der Waals surface area contributed by atoms with Crippen molar-refractivity contribution in [2.75, 3.05) is 26.2 Å². The fourth-order valence-electron chi connectivity index (χ4n) is 6.90. The molecule has 0 radical (unpaired) electrons. The van der Waals surface area contributed by atoms with E-state index in [4.69, 9.17) is 11.1 Å². The molecular weight excluding hydrogens is 640 g/mol. The quantitative estimate of drug-likeness (QED) is 0.0979. The van der Waals surface area contributed by atoms with E-state index in [0.717, 1.165) is 4.88 Å². The van der Waals surface area contributed by atoms with E-state index in [2.05, 4.69) is 21.3 Å². The molecule has 2 fully saturated rings. The van der Waals surface area contributed by atoms with Crippen molar-refractivity contribution in [3.63, 3.8) is 0 Å². The molecule has 1 saturated carbocycles. The average molecular weight is 678 g/mol. The molecule has 14 heteroatoms. The highest BCUT2D eigenvalue weighted by molar-refractivity contribution is 7.10. The Morgan fingerprint density at radius 2 is 1.77 bits per heavy atom. The third kappa shape index (κ3) is 6.17. The number of amidine groups is 1. The number of carbonyl (C=O) groups is 4. The molecule has 1 aromatic heterocycles. The number of benzene rings is 2. The molecule has 0 bridgehead atoms. The molecule has 2 aromatic carbocycles. The molecule has 2 heterocycles. The van der Waals surface area contributed by atoms with Gasteiger partial charge in [0.25, 0.3) is 11.8 Å². The van der Waals surface area contributed by atoms with Gasteiger partial charge in [-0.15, -0.1) is 11.3 Å². The van der Waals surface area contributed by atoms with Gasteiger partial charge < -0.3 is 31.9 Å². The van der Waals surface area contributed by atoms with Gasteiger partial charge in [0.1, 0.15) is 11.9 Å². The molecule has 0 unspecified atom stereocenters. The van der Waals surface area contributed by atoms with Gasteiger partial charge in [-0.2, -0.15) is 8.78 Å². The molecule has 4 atom stereocenters. The number of nitrogens with two attached hydrogens (primary N) is 1. The summed E-state index contributed by atoms with van der Waals surface area (Å²) < 4.78 is 30.0. The number of carbonyl (C=O) groups excluding carboxylic acids is 4. The summed E-state index contributed by atoms with van der Waals surface area (Å²) in [5, 5.41) is 21.1. The minimum atomic E-state index is -3.17. The molecule has 48 heavy (non-hydrogen) atoms. The Balaban J connectivity index is 1.14. The molecule has 11 nitrogen and oxygen atoms in total. The zero-order valence-electron chi connectivity index (χ0n) is 26.5. The van der Waals surface area contributed by atoms with Gasteiger partial charge in [0, 0.05) is 70.5 Å². The number of nitrogen functional groups attached to an aromatic ring is 1. The number of nitrogens with zero attached hydrogens (tertiary/aromatic N) is 1. The number of nitrogens with one attached hydrogen (secondary N) is 5. The Morgan fingerprint density at radius 1 is 1.02 bits per heavy atom. The van der Waals surface area contributed by atoms with Crippen LogP contribution in [-0.2, 0) is 20.3 Å². The second kappa shape index (κ2) is 12.7. The minimum absolute atomic E-state index is 0.0682. The van der Waals surface area contributed by atoms with Crippen LogP contribution >= 0.6 is 11.3 Å². The molecule has 6 rings (SSSR count). The second-order valence-electron chi connectivity index (χ2n) is 12.7. The maximum absolute atomic E-state index is 15.0. The highest BCUT2D eigenvalue weighted by atomic mass is 32.1. The molecule has 1 aliphatic heterocycles. The van der Waals surface area contributed by atoms with Crippen molar-refractivity contribution in [2.24, 2.45) is 11.1 Å². The van der Waals surface area contributed by atoms with Crippen LogP contribution in [-0.4, -0.2) is 72.6 Å². The number of likely N-dealkylation sites (tertiary alicyclic amines) is 1. The zero-order valence-corrected chi connectivity index (χ0v) is 27.3. The van der Waals surface area contributed by atoms with Crippen LogP contribution in [0.25, 0.3) is 11.1 Å². The number of thiophene rings is 1. The van der Waals surface area contributed by atoms with Gasteiger partial charge >= 0.3 is 0 Å². The number of fused-ring (bicyclic) bond motifs is 4. The largest absolute Gasteiger partial charge is 0.384 e. The average Bonchev–Trinajstić information content (AvgIpc) is 3.33. The number of alkyl halides is 2. The van der Waals surface area contributed by atoms with E-state index in [9.17, 15) is 19.2 Å². The lowest BCUT2D eigenvalue weighted by atomic mass is 9.98. The molecule has 3 aromatic rings. The minimum Gasteiger partial charge on any atom is -0.384 e. The van der Waals surface area contributed by atoms with Gasteiger partial charge in [0.2, 0.25) is 17.7 Å². The van der Waals surface area contributed by atoms with E-state index in [1.807, 2.05) is 6.92 Å². The number of hydrogen-bond acceptors (Lipinski definition) is 7. The summed E-state index contributed by atoms with van der Waals surface area (Å²) >= 11 is 1.37. The monoisotopic (exact) mass is 677 g/mol. The first-order valence-corrected chi connectivity index (χ1v) is 16.6. The fraction of sp³-hybridized carbons (Fsp3) is 0.382. The predicted octanol–water partition coefficient (Wildman–Crippen LogP) is 2.85. The maximum Gasteiger partial charge on any atom is 0.299 e. The summed E-state index contributed by atoms with van der Waals surface area (Å²) in [4.78, 5) is 54.2. The Labute approximate surface area is 280 Å². The molecule has 7 N–H and O–H groups in total. The highest BCUT2D eigenvalue weighted by Crippen LogP contribution is 2.59. The van der Waals surface area contributed by atoms with Crippen molar-refractivity contribution in [3.05, 3.63) is 81.0 Å². The van der Waals surface area contributed by atoms with Crippen molar-refractivity contribution in [2.45, 2.75) is 50.7 Å². The lowest BCUT2D eigenvalue weighted by Crippen LogP contribution is -2.51. The van der Waals surface area contributed by atoms with Gasteiger partial charge in [-0.25, -0.2) is 0 Å². The molecule has 3 aliphatic rings. The van der Waals surface area contributed by atoms with Gasteiger partial charge in [0.15, 0.2) is 0 Å². The van der Waals surface area contributed by atoms with Crippen LogP contribution in [0.4, 0.5) is 8.78 Å². The second-order valence-corrected chi connectivity index (χ2v) is 13.7. The van der Waals surface area contributed by atoms with Crippen LogP contribution in [0.3, 0.4) is 0 Å². The molecule has 0 spiro atoms. The smallest absolute Gasteiger partial charge is 0.299 e. The molecule has 252 valence electrons. The van der Waals surface area contributed by atoms with Crippen molar-refractivity contribution in [1.29, 1.82) is 5.41 Å². The van der Waals surface area contributed by atoms with Crippen molar-refractivity contribution in [1.82, 2.24) is 26.2 Å². The first kappa shape index (κ1) is 33.2. The lowest BCUT2D eigenvalue weighted by Gasteiger charge is -2.28. The third-order valence-corrected chi connectivity index (χ3v) is 10.6. The Hall–Kier alpha value is -4.69. The van der Waals surface area contributed by atoms with Gasteiger partial charge in [-0.3, -0.25) is 24.6 Å². The summed E-state index contributed by atoms with van der Waals surface area (Å²) in [6.45, 7) is 4.40. The van der Waals surface area contributed by atoms with E-state index >= 15 is 8.78 Å². The first-order valence-electron chi connectivity index (χ1n) is 15.7. The van der Waals surface area contributed by atoms with Gasteiger partial charge in [-0.05, 0) is 49.1 Å². The highest BCUT2D eigenvalue weighted by Gasteiger charge is 2.66. The number of piperidine rings is 1. The Kier molecular flexibility index (Phi) is 8.81. The Morgan fingerprint density at radius 3 is 2.50 bits per heavy atom. The van der Waals surface area contributed by atoms with Crippen LogP contribution in [0.5, 0.6) is 0 Å². The molecular formula is C34H37F2N7O4S. The fourth-order valence-corrected chi connectivity index (χ4v) is 7.82. The van der Waals surface area contributed by atoms with E-state index in [-0.39, 0.29) is 57.9 Å². The first-order chi connectivity index (χ1) is 22.8. The lowest BCUT2D eigenvalue weighted by molar-refractivity contribution is -0.139. The normalized spacial score (nSPS) is 21.8. The van der Waals surface area contributed by atoms with E-state index in [1.165, 1.54) is 42.5 Å². The van der Waals surface area contributed by atoms with Crippen LogP contribution < -0.4 is 27.0 Å². The number of hydrogen-bond donors (Lipinski definition) is 6. The summed E-state index contributed by atoms with van der Waals surface area (Å²) in [6.07, 6.45) is 1.11. The summed E-state index contributed by atoms with van der Waals surface area (Å²) in [7, 11) is 0. The number of rotatable bonds is 12. The van der Waals surface area contributed by atoms with Crippen molar-refractivity contribution >= 4 is 40.8 Å². The SMILES string of the molecule is CC(=O)NCCNC[C@@]12C[C@@H]1N(C(=O)CNC(=O)c1ccc3c(c1)-c1ccccc1C3(F)F)[C@H](C(=O)N[C@H](C)c1cc(C(=N)N)cs1)C2. The van der Waals surface area contributed by atoms with E-state index in [0.29, 0.717) is 43.6 Å². The molecule has 4 amide bonds. The summed E-state index contributed by atoms with van der Waals surface area (Å²) in [6, 6.07) is 10.5. The third-order valence-electron chi connectivity index (χ3n) is 9.45. The standard InChI is InChI=1S/C34H37F2N7O4S/c1-18(27-12-21(16-48-27)30(37)38)42-32(47)26-13-33(17-39-9-10-40-19(2)44)14-28(33)43(26)29(45)15-41-31(46)20-7-8-25-23(11-20)22-5-3-4-6-24(22)34(25,35)36/h3-8,11-12,16,18,26,28,39H,9-10,13-15,17H2,1-2H3,(H3,37,38)(H,40,44)(H,41,46)(H,42,47)/t18-,26+,28+,33-/m1/s1. The summed E-state index contributed by atoms with van der Waals surface area (Å²) in [5.74, 6) is -4.72. The zero-order chi connectivity index (χ0) is 34.4. The van der Waals surface area contributed by atoms with Crippen LogP contribution in [0.15, 0.2) is 53.9 Å². The van der Waals surface area contributed by atoms with Crippen LogP contribution in [0, 0.1) is 10.8 Å². The maximum atomic E-state index is 15.0. The predicted molar refractivity (Wildman–Crippen MR) is 177 cm³/mol. The van der Waals surface area contributed by atoms with Crippen molar-refractivity contribution < 1.29 is 28.0 Å². The number of halogens is 2. The van der Waals surface area contributed by atoms with E-state index < -0.39 is 29.8 Å². The molecule has 1 saturated heterocycles. The number of amides is 4. The Bertz CT molecular complexity index is 1810. The summed E-state index contributed by atoms with van der Waals surface area (Å²) in [5.41, 5.74) is 6.32. The van der Waals surface area contributed by atoms with Gasteiger partial charge in [0.05, 0.1) is 12.6 Å². The van der Waals surface area contributed by atoms with Gasteiger partial charge in [-0.1, -0.05) is 30.3 Å². The van der Waals surface area contributed by atoms with Crippen LogP contribution in [0.1, 0.15) is 64.7 Å². The van der Waals surface area contributed by atoms with Crippen molar-refractivity contribution in [3.8, 4) is 11.1 Å². The topological polar surface area (TPSA) is 170 Å². The van der Waals surface area contributed by atoms with Crippen LogP contribution in [0.2, 0.25) is 0 Å². The van der Waals surface area contributed by atoms with E-state index in [1.54, 1.807) is 34.5 Å². The molecule has 2 aliphatic carbocycles.